The van der Waals surface area contributed by atoms with Gasteiger partial charge in [0.15, 0.2) is 0 Å². The normalized spacial score (nSPS) is 20.3. The Bertz CT molecular complexity index is 942. The molecule has 0 radical (unpaired) electrons. The number of carbonyl (C=O) groups is 1. The first-order valence-electron chi connectivity index (χ1n) is 10.2. The number of hydrogen-bond acceptors (Lipinski definition) is 4. The van der Waals surface area contributed by atoms with Gasteiger partial charge in [-0.05, 0) is 41.5 Å². The third kappa shape index (κ3) is 3.42. The van der Waals surface area contributed by atoms with Crippen LogP contribution in [0.3, 0.4) is 0 Å². The number of hydrogen-bond donors (Lipinski definition) is 0. The molecule has 0 unspecified atom stereocenters. The van der Waals surface area contributed by atoms with Crippen LogP contribution in [0.4, 0.5) is 0 Å². The molecule has 2 aromatic carbocycles. The summed E-state index contributed by atoms with van der Waals surface area (Å²) >= 11 is 0. The van der Waals surface area contributed by atoms with Gasteiger partial charge in [-0.1, -0.05) is 42.5 Å². The van der Waals surface area contributed by atoms with Crippen molar-refractivity contribution in [3.8, 4) is 5.75 Å². The zero-order valence-electron chi connectivity index (χ0n) is 17.3. The summed E-state index contributed by atoms with van der Waals surface area (Å²) in [4.78, 5) is 15.7. The van der Waals surface area contributed by atoms with Gasteiger partial charge in [-0.25, -0.2) is 5.01 Å². The van der Waals surface area contributed by atoms with E-state index in [-0.39, 0.29) is 18.0 Å². The minimum Gasteiger partial charge on any atom is -0.497 e. The molecule has 0 N–H and O–H groups in total. The number of ether oxygens (including phenoxy) is 1. The van der Waals surface area contributed by atoms with Gasteiger partial charge < -0.3 is 4.74 Å². The Labute approximate surface area is 178 Å². The summed E-state index contributed by atoms with van der Waals surface area (Å²) in [6.07, 6.45) is 5.81. The topological polar surface area (TPSA) is 36.0 Å². The molecule has 2 aliphatic heterocycles. The molecule has 0 saturated carbocycles. The van der Waals surface area contributed by atoms with E-state index < -0.39 is 0 Å². The molecule has 154 valence electrons. The fourth-order valence-corrected chi connectivity index (χ4v) is 4.38. The Morgan fingerprint density at radius 2 is 1.73 bits per heavy atom. The molecule has 0 aliphatic carbocycles. The van der Waals surface area contributed by atoms with Gasteiger partial charge >= 0.3 is 0 Å². The highest BCUT2D eigenvalue weighted by atomic mass is 16.5. The maximum Gasteiger partial charge on any atom is 0.261 e. The third-order valence-electron chi connectivity index (χ3n) is 5.68. The van der Waals surface area contributed by atoms with Gasteiger partial charge in [0.05, 0.1) is 19.4 Å². The molecule has 4 rings (SSSR count). The van der Waals surface area contributed by atoms with Crippen LogP contribution in [0.15, 0.2) is 86.0 Å². The molecule has 2 heterocycles. The molecule has 1 saturated heterocycles. The van der Waals surface area contributed by atoms with E-state index in [4.69, 9.17) is 4.74 Å². The second kappa shape index (κ2) is 8.59. The van der Waals surface area contributed by atoms with Crippen molar-refractivity contribution >= 4 is 11.6 Å². The molecular formula is C25H27N3O2. The molecule has 5 heteroatoms. The number of hydrazine groups is 1. The summed E-state index contributed by atoms with van der Waals surface area (Å²) in [6.45, 7) is 9.59. The van der Waals surface area contributed by atoms with Crippen molar-refractivity contribution in [1.82, 2.24) is 14.9 Å². The Kier molecular flexibility index (Phi) is 5.72. The fourth-order valence-electron chi connectivity index (χ4n) is 4.38. The third-order valence-corrected chi connectivity index (χ3v) is 5.68. The predicted octanol–water partition coefficient (Wildman–Crippen LogP) is 3.89. The summed E-state index contributed by atoms with van der Waals surface area (Å²) in [7, 11) is 1.66. The number of amides is 1. The monoisotopic (exact) mass is 401 g/mol. The van der Waals surface area contributed by atoms with Crippen molar-refractivity contribution in [2.75, 3.05) is 26.7 Å². The Balaban J connectivity index is 1.78. The van der Waals surface area contributed by atoms with Crippen LogP contribution >= 0.6 is 0 Å². The average Bonchev–Trinajstić information content (AvgIpc) is 3.33. The SMILES string of the molecule is C=CCN(CC=C)[C@H]1C(=O)N2CC=C(c3ccc(OC)cc3)N2[C@@H]1c1ccccc1. The van der Waals surface area contributed by atoms with Gasteiger partial charge in [-0.2, -0.15) is 0 Å². The molecule has 2 aliphatic rings. The molecule has 2 atom stereocenters. The number of fused-ring (bicyclic) bond motifs is 1. The van der Waals surface area contributed by atoms with Gasteiger partial charge in [-0.3, -0.25) is 14.7 Å². The van der Waals surface area contributed by atoms with Gasteiger partial charge in [0, 0.05) is 13.1 Å². The second-order valence-electron chi connectivity index (χ2n) is 7.41. The Hall–Kier alpha value is -3.31. The van der Waals surface area contributed by atoms with Crippen LogP contribution in [0.1, 0.15) is 17.2 Å². The van der Waals surface area contributed by atoms with E-state index in [0.29, 0.717) is 19.6 Å². The van der Waals surface area contributed by atoms with E-state index in [1.165, 1.54) is 0 Å². The minimum absolute atomic E-state index is 0.104. The lowest BCUT2D eigenvalue weighted by atomic mass is 9.96. The van der Waals surface area contributed by atoms with Crippen LogP contribution in [0.2, 0.25) is 0 Å². The molecule has 0 bridgehead atoms. The molecule has 1 fully saturated rings. The minimum atomic E-state index is -0.314. The first-order valence-corrected chi connectivity index (χ1v) is 10.2. The van der Waals surface area contributed by atoms with Gasteiger partial charge in [0.25, 0.3) is 5.91 Å². The highest BCUT2D eigenvalue weighted by Crippen LogP contribution is 2.44. The lowest BCUT2D eigenvalue weighted by molar-refractivity contribution is -0.136. The van der Waals surface area contributed by atoms with Crippen LogP contribution in [-0.2, 0) is 4.79 Å². The highest BCUT2D eigenvalue weighted by Gasteiger charge is 2.52. The summed E-state index contributed by atoms with van der Waals surface area (Å²) in [5, 5.41) is 4.02. The number of nitrogens with zero attached hydrogens (tertiary/aromatic N) is 3. The largest absolute Gasteiger partial charge is 0.497 e. The van der Waals surface area contributed by atoms with E-state index in [1.54, 1.807) is 7.11 Å². The van der Waals surface area contributed by atoms with Crippen LogP contribution in [0, 0.1) is 0 Å². The first kappa shape index (κ1) is 20.0. The van der Waals surface area contributed by atoms with E-state index in [2.05, 4.69) is 41.3 Å². The standard InChI is InChI=1S/C25H27N3O2/c1-4-16-26(17-5-2)24-23(20-9-7-6-8-10-20)28-22(15-18-27(28)25(24)29)19-11-13-21(30-3)14-12-19/h4-15,23-24H,1-2,16-18H2,3H3/t23-,24-/m1/s1. The van der Waals surface area contributed by atoms with E-state index in [0.717, 1.165) is 22.6 Å². The summed E-state index contributed by atoms with van der Waals surface area (Å²) < 4.78 is 5.31. The molecule has 0 spiro atoms. The van der Waals surface area contributed by atoms with Crippen molar-refractivity contribution in [2.45, 2.75) is 12.1 Å². The molecule has 0 aromatic heterocycles. The fraction of sp³-hybridized carbons (Fsp3) is 0.240. The van der Waals surface area contributed by atoms with Crippen molar-refractivity contribution in [1.29, 1.82) is 0 Å². The quantitative estimate of drug-likeness (QED) is 0.629. The number of methoxy groups -OCH3 is 1. The second-order valence-corrected chi connectivity index (χ2v) is 7.41. The van der Waals surface area contributed by atoms with Crippen LogP contribution in [-0.4, -0.2) is 53.6 Å². The van der Waals surface area contributed by atoms with Gasteiger partial charge in [-0.15, -0.1) is 13.2 Å². The zero-order valence-corrected chi connectivity index (χ0v) is 17.3. The van der Waals surface area contributed by atoms with Crippen LogP contribution < -0.4 is 4.74 Å². The van der Waals surface area contributed by atoms with Crippen LogP contribution in [0.5, 0.6) is 5.75 Å². The molecule has 1 amide bonds. The summed E-state index contributed by atoms with van der Waals surface area (Å²) in [6, 6.07) is 17.8. The van der Waals surface area contributed by atoms with Gasteiger partial charge in [0.2, 0.25) is 0 Å². The van der Waals surface area contributed by atoms with E-state index in [9.17, 15) is 4.79 Å². The van der Waals surface area contributed by atoms with Crippen molar-refractivity contribution in [3.63, 3.8) is 0 Å². The van der Waals surface area contributed by atoms with Crippen molar-refractivity contribution < 1.29 is 9.53 Å². The smallest absolute Gasteiger partial charge is 0.261 e. The van der Waals surface area contributed by atoms with Crippen molar-refractivity contribution in [2.24, 2.45) is 0 Å². The van der Waals surface area contributed by atoms with Crippen LogP contribution in [0.25, 0.3) is 5.70 Å². The van der Waals surface area contributed by atoms with E-state index in [1.807, 2.05) is 59.6 Å². The number of rotatable bonds is 8. The summed E-state index contributed by atoms with van der Waals surface area (Å²) in [5.41, 5.74) is 3.21. The lowest BCUT2D eigenvalue weighted by Gasteiger charge is -2.34. The highest BCUT2D eigenvalue weighted by molar-refractivity contribution is 5.89. The molecular weight excluding hydrogens is 374 g/mol. The number of carbonyl (C=O) groups excluding carboxylic acids is 1. The Morgan fingerprint density at radius 3 is 2.33 bits per heavy atom. The first-order chi connectivity index (χ1) is 14.7. The molecule has 2 aromatic rings. The Morgan fingerprint density at radius 1 is 1.07 bits per heavy atom. The number of benzene rings is 2. The maximum atomic E-state index is 13.6. The lowest BCUT2D eigenvalue weighted by Crippen LogP contribution is -2.44. The van der Waals surface area contributed by atoms with Crippen molar-refractivity contribution in [3.05, 3.63) is 97.1 Å². The molecule has 5 nitrogen and oxygen atoms in total. The van der Waals surface area contributed by atoms with Gasteiger partial charge in [0.1, 0.15) is 17.8 Å². The predicted molar refractivity (Wildman–Crippen MR) is 119 cm³/mol. The maximum absolute atomic E-state index is 13.6. The van der Waals surface area contributed by atoms with E-state index >= 15 is 0 Å². The summed E-state index contributed by atoms with van der Waals surface area (Å²) in [5.74, 6) is 0.916. The molecule has 30 heavy (non-hydrogen) atoms. The zero-order chi connectivity index (χ0) is 21.1. The average molecular weight is 402 g/mol.